The highest BCUT2D eigenvalue weighted by molar-refractivity contribution is 5.86. The lowest BCUT2D eigenvalue weighted by Gasteiger charge is -1.98. The Balaban J connectivity index is 0. The van der Waals surface area contributed by atoms with E-state index in [0.717, 1.165) is 6.42 Å². The molecule has 0 rings (SSSR count). The third kappa shape index (κ3) is 8.70. The molecule has 0 spiro atoms. The van der Waals surface area contributed by atoms with E-state index in [2.05, 4.69) is 0 Å². The van der Waals surface area contributed by atoms with E-state index in [-0.39, 0.29) is 22.7 Å². The van der Waals surface area contributed by atoms with Crippen molar-refractivity contribution in [1.29, 1.82) is 0 Å². The standard InChI is InChI=1S/C7H12O3.C6H10O3/c1-3-4-6(8)5(2)7(9)10;1-3-5(7)4(2)6(8)9/h8H,3-4H2,1-2H3,(H,9,10);7H,3H2,1-2H3,(H,8,9)/b6-5+;5-4+. The number of rotatable bonds is 5. The van der Waals surface area contributed by atoms with E-state index in [9.17, 15) is 9.59 Å². The molecule has 110 valence electrons. The van der Waals surface area contributed by atoms with E-state index < -0.39 is 11.9 Å². The van der Waals surface area contributed by atoms with Crippen LogP contribution in [0.3, 0.4) is 0 Å². The van der Waals surface area contributed by atoms with Crippen LogP contribution in [0.15, 0.2) is 22.7 Å². The predicted molar refractivity (Wildman–Crippen MR) is 71.1 cm³/mol. The van der Waals surface area contributed by atoms with Gasteiger partial charge in [0.15, 0.2) is 0 Å². The first-order chi connectivity index (χ1) is 8.68. The lowest BCUT2D eigenvalue weighted by Crippen LogP contribution is -2.00. The van der Waals surface area contributed by atoms with Crippen LogP contribution in [0.1, 0.15) is 47.0 Å². The SMILES string of the molecule is CC/C(O)=C(/C)C(=O)O.CCC/C(O)=C(/C)C(=O)O. The van der Waals surface area contributed by atoms with Crippen molar-refractivity contribution in [2.75, 3.05) is 0 Å². The highest BCUT2D eigenvalue weighted by Crippen LogP contribution is 2.06. The maximum Gasteiger partial charge on any atom is 0.334 e. The number of aliphatic hydroxyl groups excluding tert-OH is 2. The summed E-state index contributed by atoms with van der Waals surface area (Å²) in [5, 5.41) is 34.4. The molecule has 0 aromatic heterocycles. The Hall–Kier alpha value is -1.98. The van der Waals surface area contributed by atoms with E-state index in [1.807, 2.05) is 6.92 Å². The molecule has 0 unspecified atom stereocenters. The van der Waals surface area contributed by atoms with Crippen LogP contribution in [0.4, 0.5) is 0 Å². The summed E-state index contributed by atoms with van der Waals surface area (Å²) in [6.07, 6.45) is 1.58. The molecule has 0 heterocycles. The Labute approximate surface area is 112 Å². The van der Waals surface area contributed by atoms with Crippen LogP contribution in [0.25, 0.3) is 0 Å². The minimum absolute atomic E-state index is 0.0185. The molecule has 0 saturated heterocycles. The van der Waals surface area contributed by atoms with Gasteiger partial charge in [0, 0.05) is 12.8 Å². The summed E-state index contributed by atoms with van der Waals surface area (Å²) in [5.74, 6) is -2.18. The second-order valence-electron chi connectivity index (χ2n) is 3.86. The van der Waals surface area contributed by atoms with Gasteiger partial charge in [0.25, 0.3) is 0 Å². The molecule has 0 aliphatic heterocycles. The van der Waals surface area contributed by atoms with Crippen molar-refractivity contribution < 1.29 is 30.0 Å². The fraction of sp³-hybridized carbons (Fsp3) is 0.538. The molecule has 0 aromatic rings. The molecule has 6 nitrogen and oxygen atoms in total. The van der Waals surface area contributed by atoms with Crippen molar-refractivity contribution >= 4 is 11.9 Å². The molecule has 0 aromatic carbocycles. The van der Waals surface area contributed by atoms with Crippen molar-refractivity contribution in [1.82, 2.24) is 0 Å². The van der Waals surface area contributed by atoms with Crippen LogP contribution in [0.5, 0.6) is 0 Å². The van der Waals surface area contributed by atoms with E-state index >= 15 is 0 Å². The molecule has 0 saturated carbocycles. The van der Waals surface area contributed by atoms with Crippen LogP contribution in [-0.4, -0.2) is 32.4 Å². The number of carboxylic acid groups (broad SMARTS) is 2. The average Bonchev–Trinajstić information content (AvgIpc) is 2.36. The third-order valence-corrected chi connectivity index (χ3v) is 2.33. The van der Waals surface area contributed by atoms with Gasteiger partial charge in [-0.1, -0.05) is 13.8 Å². The molecular weight excluding hydrogens is 252 g/mol. The lowest BCUT2D eigenvalue weighted by molar-refractivity contribution is -0.133. The van der Waals surface area contributed by atoms with Crippen molar-refractivity contribution in [3.63, 3.8) is 0 Å². The van der Waals surface area contributed by atoms with Gasteiger partial charge < -0.3 is 20.4 Å². The number of hydrogen-bond donors (Lipinski definition) is 4. The molecule has 4 N–H and O–H groups in total. The number of carboxylic acids is 2. The monoisotopic (exact) mass is 274 g/mol. The van der Waals surface area contributed by atoms with Gasteiger partial charge in [-0.3, -0.25) is 0 Å². The summed E-state index contributed by atoms with van der Waals surface area (Å²) in [7, 11) is 0. The largest absolute Gasteiger partial charge is 0.512 e. The fourth-order valence-corrected chi connectivity index (χ4v) is 0.936. The minimum atomic E-state index is -1.06. The molecule has 0 bridgehead atoms. The quantitative estimate of drug-likeness (QED) is 0.452. The Morgan fingerprint density at radius 1 is 0.789 bits per heavy atom. The second-order valence-corrected chi connectivity index (χ2v) is 3.86. The summed E-state index contributed by atoms with van der Waals surface area (Å²) < 4.78 is 0. The maximum absolute atomic E-state index is 10.2. The number of aliphatic carboxylic acids is 2. The summed E-state index contributed by atoms with van der Waals surface area (Å²) in [6, 6.07) is 0. The van der Waals surface area contributed by atoms with Crippen LogP contribution in [0.2, 0.25) is 0 Å². The van der Waals surface area contributed by atoms with E-state index in [1.54, 1.807) is 6.92 Å². The number of aliphatic hydroxyl groups is 2. The van der Waals surface area contributed by atoms with E-state index in [1.165, 1.54) is 13.8 Å². The predicted octanol–water partition coefficient (Wildman–Crippen LogP) is 3.02. The Bertz CT molecular complexity index is 379. The zero-order valence-electron chi connectivity index (χ0n) is 11.7. The molecule has 6 heteroatoms. The van der Waals surface area contributed by atoms with Crippen molar-refractivity contribution in [3.05, 3.63) is 22.7 Å². The first kappa shape index (κ1) is 19.4. The van der Waals surface area contributed by atoms with Gasteiger partial charge in [-0.25, -0.2) is 9.59 Å². The first-order valence-electron chi connectivity index (χ1n) is 5.92. The lowest BCUT2D eigenvalue weighted by atomic mass is 10.2. The van der Waals surface area contributed by atoms with E-state index in [0.29, 0.717) is 12.8 Å². The third-order valence-electron chi connectivity index (χ3n) is 2.33. The molecule has 0 fully saturated rings. The normalized spacial score (nSPS) is 12.6. The van der Waals surface area contributed by atoms with Gasteiger partial charge >= 0.3 is 11.9 Å². The smallest absolute Gasteiger partial charge is 0.334 e. The van der Waals surface area contributed by atoms with E-state index in [4.69, 9.17) is 20.4 Å². The van der Waals surface area contributed by atoms with Gasteiger partial charge in [0.05, 0.1) is 11.1 Å². The fourth-order valence-electron chi connectivity index (χ4n) is 0.936. The zero-order valence-corrected chi connectivity index (χ0v) is 11.7. The van der Waals surface area contributed by atoms with Gasteiger partial charge in [-0.15, -0.1) is 0 Å². The van der Waals surface area contributed by atoms with Crippen LogP contribution >= 0.6 is 0 Å². The second kappa shape index (κ2) is 9.99. The topological polar surface area (TPSA) is 115 Å². The molecule has 0 aliphatic carbocycles. The highest BCUT2D eigenvalue weighted by Gasteiger charge is 2.06. The molecule has 0 aliphatic rings. The van der Waals surface area contributed by atoms with Crippen molar-refractivity contribution in [2.24, 2.45) is 0 Å². The Morgan fingerprint density at radius 2 is 1.16 bits per heavy atom. The molecule has 0 radical (unpaired) electrons. The Kier molecular flexibility index (Phi) is 10.2. The molecule has 0 amide bonds. The van der Waals surface area contributed by atoms with Crippen molar-refractivity contribution in [2.45, 2.75) is 47.0 Å². The maximum atomic E-state index is 10.2. The summed E-state index contributed by atoms with van der Waals surface area (Å²) >= 11 is 0. The summed E-state index contributed by atoms with van der Waals surface area (Å²) in [6.45, 7) is 6.35. The molecule has 0 atom stereocenters. The minimum Gasteiger partial charge on any atom is -0.512 e. The molecular formula is C13H22O6. The van der Waals surface area contributed by atoms with Crippen LogP contribution in [0, 0.1) is 0 Å². The van der Waals surface area contributed by atoms with Gasteiger partial charge in [0.1, 0.15) is 11.5 Å². The number of hydrogen-bond acceptors (Lipinski definition) is 4. The highest BCUT2D eigenvalue weighted by atomic mass is 16.4. The Morgan fingerprint density at radius 3 is 1.37 bits per heavy atom. The summed E-state index contributed by atoms with van der Waals surface area (Å²) in [4.78, 5) is 20.3. The van der Waals surface area contributed by atoms with Crippen LogP contribution < -0.4 is 0 Å². The molecule has 19 heavy (non-hydrogen) atoms. The number of allylic oxidation sites excluding steroid dienone is 2. The zero-order chi connectivity index (χ0) is 15.6. The van der Waals surface area contributed by atoms with Gasteiger partial charge in [-0.2, -0.15) is 0 Å². The van der Waals surface area contributed by atoms with Crippen molar-refractivity contribution in [3.8, 4) is 0 Å². The number of carbonyl (C=O) groups is 2. The first-order valence-corrected chi connectivity index (χ1v) is 5.92. The van der Waals surface area contributed by atoms with Gasteiger partial charge in [0.2, 0.25) is 0 Å². The summed E-state index contributed by atoms with van der Waals surface area (Å²) in [5.41, 5.74) is 0.0688. The van der Waals surface area contributed by atoms with Crippen LogP contribution in [-0.2, 0) is 9.59 Å². The average molecular weight is 274 g/mol. The van der Waals surface area contributed by atoms with Gasteiger partial charge in [-0.05, 0) is 20.3 Å².